The first-order valence-electron chi connectivity index (χ1n) is 18.2. The number of pyridine rings is 1. The summed E-state index contributed by atoms with van der Waals surface area (Å²) in [4.78, 5) is 61.9. The Bertz CT molecular complexity index is 1650. The second-order valence-corrected chi connectivity index (χ2v) is 13.8. The van der Waals surface area contributed by atoms with Crippen molar-refractivity contribution in [1.29, 1.82) is 0 Å². The van der Waals surface area contributed by atoms with Crippen molar-refractivity contribution in [2.45, 2.75) is 90.9 Å². The van der Waals surface area contributed by atoms with Gasteiger partial charge in [-0.15, -0.1) is 0 Å². The number of rotatable bonds is 13. The molecule has 3 N–H and O–H groups in total. The molecule has 1 aliphatic carbocycles. The minimum absolute atomic E-state index is 0.0255. The molecule has 4 amide bonds. The standard InChI is InChI=1S/C38H51FN8O4/c1-5-33(48)43-34(38(51)46-21-19-45(20-22-46)24-29-9-7-8-17-40-29)26(4)28-14-15-31(30(39)23-28)42-37(50)35(27-12-10-25(3)11-13-27)44-36(49)32-16-18-41-47(32)6-2/h7-9,14-18,23,25-27,34-35H,5-6,10-13,19-22,24H2,1-4H3,(H,42,50)(H,43,48)(H,44,49)/t25?,26-,27?,34+,35+/m0/s1. The van der Waals surface area contributed by atoms with Gasteiger partial charge in [-0.25, -0.2) is 4.39 Å². The molecule has 274 valence electrons. The van der Waals surface area contributed by atoms with Crippen LogP contribution >= 0.6 is 0 Å². The summed E-state index contributed by atoms with van der Waals surface area (Å²) in [5, 5.41) is 12.7. The molecule has 2 aliphatic rings. The number of carbonyl (C=O) groups is 4. The quantitative estimate of drug-likeness (QED) is 0.241. The van der Waals surface area contributed by atoms with Crippen molar-refractivity contribution in [3.8, 4) is 0 Å². The summed E-state index contributed by atoms with van der Waals surface area (Å²) >= 11 is 0. The summed E-state index contributed by atoms with van der Waals surface area (Å²) < 4.78 is 17.3. The van der Waals surface area contributed by atoms with Gasteiger partial charge in [-0.2, -0.15) is 5.10 Å². The Morgan fingerprint density at radius 2 is 1.69 bits per heavy atom. The van der Waals surface area contributed by atoms with E-state index >= 15 is 4.39 Å². The van der Waals surface area contributed by atoms with Gasteiger partial charge in [0.05, 0.1) is 11.4 Å². The third kappa shape index (κ3) is 9.57. The predicted molar refractivity (Wildman–Crippen MR) is 192 cm³/mol. The number of carbonyl (C=O) groups excluding carboxylic acids is 4. The Morgan fingerprint density at radius 1 is 0.941 bits per heavy atom. The van der Waals surface area contributed by atoms with E-state index in [1.165, 1.54) is 12.1 Å². The van der Waals surface area contributed by atoms with E-state index in [0.29, 0.717) is 56.4 Å². The Kier molecular flexibility index (Phi) is 12.9. The van der Waals surface area contributed by atoms with E-state index in [-0.39, 0.29) is 29.8 Å². The summed E-state index contributed by atoms with van der Waals surface area (Å²) in [6.07, 6.45) is 6.92. The lowest BCUT2D eigenvalue weighted by Gasteiger charge is -2.37. The van der Waals surface area contributed by atoms with Crippen LogP contribution in [0.5, 0.6) is 0 Å². The van der Waals surface area contributed by atoms with Gasteiger partial charge in [0, 0.05) is 64.0 Å². The molecule has 0 unspecified atom stereocenters. The molecule has 13 heteroatoms. The molecule has 0 bridgehead atoms. The van der Waals surface area contributed by atoms with Crippen LogP contribution in [0.2, 0.25) is 0 Å². The van der Waals surface area contributed by atoms with Crippen LogP contribution in [0, 0.1) is 17.7 Å². The molecule has 1 saturated carbocycles. The first-order valence-corrected chi connectivity index (χ1v) is 18.2. The minimum atomic E-state index is -0.899. The van der Waals surface area contributed by atoms with Gasteiger partial charge in [-0.1, -0.05) is 45.7 Å². The van der Waals surface area contributed by atoms with E-state index in [0.717, 1.165) is 31.4 Å². The molecule has 3 aromatic rings. The van der Waals surface area contributed by atoms with Crippen molar-refractivity contribution in [2.75, 3.05) is 31.5 Å². The Hall–Kier alpha value is -4.65. The van der Waals surface area contributed by atoms with Gasteiger partial charge in [-0.05, 0) is 67.5 Å². The highest BCUT2D eigenvalue weighted by molar-refractivity contribution is 6.00. The smallest absolute Gasteiger partial charge is 0.270 e. The van der Waals surface area contributed by atoms with Gasteiger partial charge in [-0.3, -0.25) is 33.7 Å². The number of nitrogens with one attached hydrogen (secondary N) is 3. The molecule has 2 fully saturated rings. The predicted octanol–water partition coefficient (Wildman–Crippen LogP) is 4.34. The topological polar surface area (TPSA) is 142 Å². The van der Waals surface area contributed by atoms with Crippen LogP contribution < -0.4 is 16.0 Å². The highest BCUT2D eigenvalue weighted by Gasteiger charge is 2.35. The van der Waals surface area contributed by atoms with Crippen molar-refractivity contribution in [3.63, 3.8) is 0 Å². The van der Waals surface area contributed by atoms with Crippen molar-refractivity contribution in [1.82, 2.24) is 35.2 Å². The zero-order chi connectivity index (χ0) is 36.5. The summed E-state index contributed by atoms with van der Waals surface area (Å²) in [5.74, 6) is -2.18. The first-order chi connectivity index (χ1) is 24.6. The summed E-state index contributed by atoms with van der Waals surface area (Å²) in [6, 6.07) is 10.1. The number of benzene rings is 1. The van der Waals surface area contributed by atoms with Gasteiger partial charge in [0.25, 0.3) is 5.91 Å². The highest BCUT2D eigenvalue weighted by atomic mass is 19.1. The molecule has 5 rings (SSSR count). The molecule has 1 saturated heterocycles. The lowest BCUT2D eigenvalue weighted by molar-refractivity contribution is -0.138. The zero-order valence-corrected chi connectivity index (χ0v) is 30.1. The second kappa shape index (κ2) is 17.5. The normalized spacial score (nSPS) is 19.8. The minimum Gasteiger partial charge on any atom is -0.344 e. The van der Waals surface area contributed by atoms with Crippen LogP contribution in [-0.4, -0.2) is 86.5 Å². The van der Waals surface area contributed by atoms with Gasteiger partial charge in [0.1, 0.15) is 23.6 Å². The lowest BCUT2D eigenvalue weighted by Crippen LogP contribution is -2.56. The number of halogens is 1. The molecular formula is C38H51FN8O4. The molecular weight excluding hydrogens is 651 g/mol. The van der Waals surface area contributed by atoms with Gasteiger partial charge in [0.15, 0.2) is 0 Å². The number of hydrogen-bond donors (Lipinski definition) is 3. The lowest BCUT2D eigenvalue weighted by atomic mass is 9.79. The van der Waals surface area contributed by atoms with E-state index in [1.54, 1.807) is 48.0 Å². The molecule has 1 aromatic carbocycles. The average molecular weight is 703 g/mol. The molecule has 0 spiro atoms. The van der Waals surface area contributed by atoms with E-state index in [4.69, 9.17) is 0 Å². The van der Waals surface area contributed by atoms with Crippen LogP contribution in [0.25, 0.3) is 0 Å². The monoisotopic (exact) mass is 702 g/mol. The molecule has 2 aromatic heterocycles. The van der Waals surface area contributed by atoms with Crippen LogP contribution in [0.15, 0.2) is 54.9 Å². The molecule has 1 aliphatic heterocycles. The Labute approximate surface area is 299 Å². The SMILES string of the molecule is CCC(=O)N[C@@H](C(=O)N1CCN(Cc2ccccn2)CC1)[C@@H](C)c1ccc(NC(=O)[C@H](NC(=O)c2ccnn2CC)C2CCC(C)CC2)c(F)c1. The van der Waals surface area contributed by atoms with Gasteiger partial charge in [0.2, 0.25) is 17.7 Å². The highest BCUT2D eigenvalue weighted by Crippen LogP contribution is 2.32. The third-order valence-electron chi connectivity index (χ3n) is 10.3. The van der Waals surface area contributed by atoms with Crippen LogP contribution in [0.3, 0.4) is 0 Å². The van der Waals surface area contributed by atoms with E-state index in [9.17, 15) is 19.2 Å². The Balaban J connectivity index is 1.27. The maximum Gasteiger partial charge on any atom is 0.270 e. The summed E-state index contributed by atoms with van der Waals surface area (Å²) in [7, 11) is 0. The largest absolute Gasteiger partial charge is 0.344 e. The number of nitrogens with zero attached hydrogens (tertiary/aromatic N) is 5. The number of aromatic nitrogens is 3. The Morgan fingerprint density at radius 3 is 2.33 bits per heavy atom. The van der Waals surface area contributed by atoms with Crippen molar-refractivity contribution < 1.29 is 23.6 Å². The molecule has 12 nitrogen and oxygen atoms in total. The van der Waals surface area contributed by atoms with Gasteiger partial charge < -0.3 is 20.9 Å². The zero-order valence-electron chi connectivity index (χ0n) is 30.1. The fourth-order valence-electron chi connectivity index (χ4n) is 7.05. The summed E-state index contributed by atoms with van der Waals surface area (Å²) in [6.45, 7) is 11.1. The van der Waals surface area contributed by atoms with Crippen LogP contribution in [0.4, 0.5) is 10.1 Å². The van der Waals surface area contributed by atoms with Gasteiger partial charge >= 0.3 is 0 Å². The fourth-order valence-corrected chi connectivity index (χ4v) is 7.05. The van der Waals surface area contributed by atoms with Crippen molar-refractivity contribution in [2.24, 2.45) is 11.8 Å². The van der Waals surface area contributed by atoms with Crippen molar-refractivity contribution >= 4 is 29.3 Å². The second-order valence-electron chi connectivity index (χ2n) is 13.8. The van der Waals surface area contributed by atoms with E-state index in [2.05, 4.69) is 37.9 Å². The maximum atomic E-state index is 15.8. The number of amides is 4. The fraction of sp³-hybridized carbons (Fsp3) is 0.526. The van der Waals surface area contributed by atoms with E-state index in [1.807, 2.05) is 25.1 Å². The molecule has 51 heavy (non-hydrogen) atoms. The molecule has 0 radical (unpaired) electrons. The number of hydrogen-bond acceptors (Lipinski definition) is 7. The number of piperazine rings is 1. The number of aryl methyl sites for hydroxylation is 1. The van der Waals surface area contributed by atoms with Crippen molar-refractivity contribution in [3.05, 3.63) is 77.6 Å². The third-order valence-corrected chi connectivity index (χ3v) is 10.3. The first kappa shape index (κ1) is 37.6. The maximum absolute atomic E-state index is 15.8. The average Bonchev–Trinajstić information content (AvgIpc) is 3.63. The summed E-state index contributed by atoms with van der Waals surface area (Å²) in [5.41, 5.74) is 1.80. The van der Waals surface area contributed by atoms with Crippen LogP contribution in [-0.2, 0) is 27.5 Å². The van der Waals surface area contributed by atoms with Crippen LogP contribution in [0.1, 0.15) is 87.5 Å². The molecule has 3 heterocycles. The molecule has 3 atom stereocenters. The van der Waals surface area contributed by atoms with E-state index < -0.39 is 35.6 Å². The number of anilines is 1.